The molecular weight excluding hydrogens is 910 g/mol. The third-order valence-electron chi connectivity index (χ3n) is 0. The van der Waals surface area contributed by atoms with Crippen molar-refractivity contribution >= 4 is 118 Å². The van der Waals surface area contributed by atoms with Crippen molar-refractivity contribution in [3.05, 3.63) is 0 Å². The SMILES string of the molecule is [O-][Si]([O-])([O-])[O-].[Tl+].[Tl+].[Tl+].[Tl+]. The van der Waals surface area contributed by atoms with Crippen LogP contribution in [-0.2, 0) is 0 Å². The molecule has 4 nitrogen and oxygen atoms in total. The molecule has 0 rings (SSSR count). The maximum atomic E-state index is 8.58. The molecule has 9 heteroatoms. The van der Waals surface area contributed by atoms with E-state index in [1.54, 1.807) is 0 Å². The first-order valence-electron chi connectivity index (χ1n) is 0.816. The van der Waals surface area contributed by atoms with E-state index in [4.69, 9.17) is 19.2 Å². The van der Waals surface area contributed by atoms with Gasteiger partial charge in [-0.15, -0.1) is 0 Å². The van der Waals surface area contributed by atoms with Crippen molar-refractivity contribution in [2.45, 2.75) is 0 Å². The zero-order valence-electron chi connectivity index (χ0n) is 4.44. The van der Waals surface area contributed by atoms with Gasteiger partial charge in [0.2, 0.25) is 0 Å². The summed E-state index contributed by atoms with van der Waals surface area (Å²) in [6.07, 6.45) is 0. The van der Waals surface area contributed by atoms with Crippen molar-refractivity contribution in [3.8, 4) is 0 Å². The second kappa shape index (κ2) is 14.3. The molecule has 0 atom stereocenters. The van der Waals surface area contributed by atoms with Crippen molar-refractivity contribution in [1.82, 2.24) is 0 Å². The molecule has 0 heterocycles. The van der Waals surface area contributed by atoms with Crippen LogP contribution in [0.25, 0.3) is 0 Å². The van der Waals surface area contributed by atoms with Crippen molar-refractivity contribution in [1.29, 1.82) is 0 Å². The molecule has 0 saturated carbocycles. The number of hydrogen-bond donors (Lipinski definition) is 0. The van der Waals surface area contributed by atoms with Gasteiger partial charge in [-0.05, 0) is 0 Å². The molecule has 0 aromatic heterocycles. The zero-order valence-corrected chi connectivity index (χ0v) is 23.4. The molecule has 0 radical (unpaired) electrons. The molecule has 0 aromatic rings. The predicted molar refractivity (Wildman–Crippen MR) is 28.8 cm³/mol. The normalized spacial score (nSPS) is 6.67. The van der Waals surface area contributed by atoms with Gasteiger partial charge in [-0.1, -0.05) is 0 Å². The Bertz CT molecular complexity index is 28.0. The van der Waals surface area contributed by atoms with E-state index in [0.717, 1.165) is 0 Å². The first-order chi connectivity index (χ1) is 2.00. The molecule has 0 unspecified atom stereocenters. The van der Waals surface area contributed by atoms with Gasteiger partial charge in [0.1, 0.15) is 0 Å². The molecular formula is O4SiTl4. The summed E-state index contributed by atoms with van der Waals surface area (Å²) in [7, 11) is -5.61. The first kappa shape index (κ1) is 29.3. The van der Waals surface area contributed by atoms with Crippen molar-refractivity contribution in [2.75, 3.05) is 0 Å². The van der Waals surface area contributed by atoms with E-state index < -0.39 is 9.05 Å². The number of rotatable bonds is 0. The third-order valence-corrected chi connectivity index (χ3v) is 0. The van der Waals surface area contributed by atoms with Crippen LogP contribution in [0, 0.1) is 0 Å². The molecule has 0 N–H and O–H groups in total. The van der Waals surface area contributed by atoms with Crippen LogP contribution in [0.4, 0.5) is 0 Å². The van der Waals surface area contributed by atoms with Crippen molar-refractivity contribution < 1.29 is 19.2 Å². The van der Waals surface area contributed by atoms with E-state index >= 15 is 0 Å². The summed E-state index contributed by atoms with van der Waals surface area (Å²) in [5, 5.41) is 0. The number of hydrogen-bond acceptors (Lipinski definition) is 4. The predicted octanol–water partition coefficient (Wildman–Crippen LogP) is -6.66. The smallest absolute Gasteiger partial charge is 0.894 e. The molecule has 0 spiro atoms. The second-order valence-electron chi connectivity index (χ2n) is 0.500. The molecule has 0 saturated heterocycles. The summed E-state index contributed by atoms with van der Waals surface area (Å²) < 4.78 is 0. The standard InChI is InChI=1S/O4Si.4Tl/c1-5(2,3)4;;;;/q-4;4*+1. The van der Waals surface area contributed by atoms with Gasteiger partial charge in [0, 0.05) is 0 Å². The molecule has 9 heavy (non-hydrogen) atoms. The van der Waals surface area contributed by atoms with Crippen LogP contribution < -0.4 is 19.2 Å². The van der Waals surface area contributed by atoms with Crippen LogP contribution in [0.2, 0.25) is 0 Å². The second-order valence-corrected chi connectivity index (χ2v) is 1.50. The topological polar surface area (TPSA) is 92.2 Å². The minimum Gasteiger partial charge on any atom is -0.894 e. The van der Waals surface area contributed by atoms with E-state index in [1.165, 1.54) is 0 Å². The van der Waals surface area contributed by atoms with Crippen molar-refractivity contribution in [2.24, 2.45) is 0 Å². The fraction of sp³-hybridized carbons (Fsp3) is 0. The fourth-order valence-corrected chi connectivity index (χ4v) is 0. The maximum Gasteiger partial charge on any atom is 1.00 e. The van der Waals surface area contributed by atoms with E-state index in [9.17, 15) is 0 Å². The van der Waals surface area contributed by atoms with Gasteiger partial charge < -0.3 is 28.2 Å². The quantitative estimate of drug-likeness (QED) is 0.227. The third kappa shape index (κ3) is 79.5. The van der Waals surface area contributed by atoms with Crippen LogP contribution in [0.15, 0.2) is 0 Å². The summed E-state index contributed by atoms with van der Waals surface area (Å²) in [5.41, 5.74) is 0. The van der Waals surface area contributed by atoms with Gasteiger partial charge in [-0.25, -0.2) is 0 Å². The van der Waals surface area contributed by atoms with Crippen LogP contribution in [0.3, 0.4) is 0 Å². The van der Waals surface area contributed by atoms with Crippen LogP contribution in [0.5, 0.6) is 0 Å². The summed E-state index contributed by atoms with van der Waals surface area (Å²) in [5.74, 6) is 0. The molecule has 0 amide bonds. The molecule has 0 aromatic carbocycles. The molecule has 0 aliphatic carbocycles. The average molecular weight is 910 g/mol. The Hall–Kier alpha value is 3.75. The molecule has 0 aliphatic rings. The molecule has 0 bridgehead atoms. The maximum absolute atomic E-state index is 8.58. The van der Waals surface area contributed by atoms with Gasteiger partial charge in [0.05, 0.1) is 0 Å². The van der Waals surface area contributed by atoms with Crippen LogP contribution >= 0.6 is 0 Å². The van der Waals surface area contributed by atoms with E-state index in [-0.39, 0.29) is 109 Å². The summed E-state index contributed by atoms with van der Waals surface area (Å²) in [6.45, 7) is 0. The summed E-state index contributed by atoms with van der Waals surface area (Å²) in [6, 6.07) is 0. The Morgan fingerprint density at radius 2 is 0.556 bits per heavy atom. The van der Waals surface area contributed by atoms with Crippen LogP contribution in [0.1, 0.15) is 0 Å². The van der Waals surface area contributed by atoms with E-state index in [0.29, 0.717) is 0 Å². The molecule has 40 valence electrons. The first-order valence-corrected chi connectivity index (χ1v) is 2.45. The molecule has 0 fully saturated rings. The van der Waals surface area contributed by atoms with Gasteiger partial charge in [-0.3, -0.25) is 0 Å². The fourth-order valence-electron chi connectivity index (χ4n) is 0. The van der Waals surface area contributed by atoms with Gasteiger partial charge in [-0.2, -0.15) is 0 Å². The van der Waals surface area contributed by atoms with Gasteiger partial charge in [0.15, 0.2) is 0 Å². The average Bonchev–Trinajstić information content (AvgIpc) is 0.722. The minimum absolute atomic E-state index is 0. The van der Waals surface area contributed by atoms with E-state index in [2.05, 4.69) is 0 Å². The summed E-state index contributed by atoms with van der Waals surface area (Å²) in [4.78, 5) is 34.3. The Labute approximate surface area is 135 Å². The monoisotopic (exact) mass is 912 g/mol. The Kier molecular flexibility index (Phi) is 46.5. The van der Waals surface area contributed by atoms with Crippen molar-refractivity contribution in [3.63, 3.8) is 0 Å². The van der Waals surface area contributed by atoms with Gasteiger partial charge >= 0.3 is 109 Å². The largest absolute Gasteiger partial charge is 1.00 e. The van der Waals surface area contributed by atoms with E-state index in [1.807, 2.05) is 0 Å². The molecule has 0 aliphatic heterocycles. The van der Waals surface area contributed by atoms with Crippen LogP contribution in [-0.4, -0.2) is 118 Å². The Balaban J connectivity index is -0.0000000133. The minimum atomic E-state index is -5.61. The Morgan fingerprint density at radius 1 is 0.556 bits per heavy atom. The summed E-state index contributed by atoms with van der Waals surface area (Å²) >= 11 is 0. The Morgan fingerprint density at radius 3 is 0.556 bits per heavy atom. The van der Waals surface area contributed by atoms with Gasteiger partial charge in [0.25, 0.3) is 0 Å². The zero-order chi connectivity index (χ0) is 4.50.